The molecule has 1 saturated heterocycles. The maximum absolute atomic E-state index is 13.7. The zero-order chi connectivity index (χ0) is 18.6. The highest BCUT2D eigenvalue weighted by Crippen LogP contribution is 2.23. The number of hydrogen-bond donors (Lipinski definition) is 1. The molecule has 1 N–H and O–H groups in total. The number of piperidine rings is 1. The lowest BCUT2D eigenvalue weighted by Gasteiger charge is -2.26. The van der Waals surface area contributed by atoms with Crippen molar-refractivity contribution in [2.45, 2.75) is 30.7 Å². The third-order valence-electron chi connectivity index (χ3n) is 4.46. The lowest BCUT2D eigenvalue weighted by atomic mass is 10.2. The number of nitrogens with one attached hydrogen (secondary N) is 1. The van der Waals surface area contributed by atoms with Crippen LogP contribution in [0.5, 0.6) is 0 Å². The van der Waals surface area contributed by atoms with Crippen LogP contribution in [0, 0.1) is 5.82 Å². The van der Waals surface area contributed by atoms with Crippen LogP contribution in [0.2, 0.25) is 0 Å². The molecule has 0 unspecified atom stereocenters. The van der Waals surface area contributed by atoms with E-state index < -0.39 is 21.7 Å². The topological polar surface area (TPSA) is 66.5 Å². The van der Waals surface area contributed by atoms with E-state index in [0.29, 0.717) is 18.7 Å². The number of benzene rings is 2. The van der Waals surface area contributed by atoms with E-state index >= 15 is 0 Å². The second-order valence-electron chi connectivity index (χ2n) is 6.23. The normalized spacial score (nSPS) is 15.6. The highest BCUT2D eigenvalue weighted by molar-refractivity contribution is 7.89. The SMILES string of the molecule is O=C(NCc1ccccc1S(=O)(=O)N1CCCCC1)c1ccccc1F. The minimum Gasteiger partial charge on any atom is -0.348 e. The zero-order valence-corrected chi connectivity index (χ0v) is 15.1. The highest BCUT2D eigenvalue weighted by atomic mass is 32.2. The van der Waals surface area contributed by atoms with Crippen LogP contribution in [0.25, 0.3) is 0 Å². The van der Waals surface area contributed by atoms with Gasteiger partial charge in [-0.3, -0.25) is 4.79 Å². The number of sulfonamides is 1. The molecule has 1 fully saturated rings. The van der Waals surface area contributed by atoms with Crippen LogP contribution in [0.1, 0.15) is 35.2 Å². The van der Waals surface area contributed by atoms with E-state index in [9.17, 15) is 17.6 Å². The van der Waals surface area contributed by atoms with Crippen LogP contribution in [-0.4, -0.2) is 31.7 Å². The number of nitrogens with zero attached hydrogens (tertiary/aromatic N) is 1. The molecule has 7 heteroatoms. The summed E-state index contributed by atoms with van der Waals surface area (Å²) in [4.78, 5) is 12.4. The molecule has 26 heavy (non-hydrogen) atoms. The Hall–Kier alpha value is -2.25. The van der Waals surface area contributed by atoms with Crippen molar-refractivity contribution in [2.24, 2.45) is 0 Å². The summed E-state index contributed by atoms with van der Waals surface area (Å²) in [7, 11) is -3.61. The monoisotopic (exact) mass is 376 g/mol. The quantitative estimate of drug-likeness (QED) is 0.873. The minimum atomic E-state index is -3.61. The fourth-order valence-electron chi connectivity index (χ4n) is 3.06. The van der Waals surface area contributed by atoms with Gasteiger partial charge in [-0.25, -0.2) is 12.8 Å². The molecule has 0 atom stereocenters. The van der Waals surface area contributed by atoms with Crippen LogP contribution < -0.4 is 5.32 Å². The lowest BCUT2D eigenvalue weighted by molar-refractivity contribution is 0.0946. The molecule has 1 heterocycles. The van der Waals surface area contributed by atoms with E-state index in [0.717, 1.165) is 19.3 Å². The summed E-state index contributed by atoms with van der Waals surface area (Å²) in [6, 6.07) is 12.3. The zero-order valence-electron chi connectivity index (χ0n) is 14.3. The molecule has 0 aliphatic carbocycles. The van der Waals surface area contributed by atoms with Crippen LogP contribution in [0.4, 0.5) is 4.39 Å². The summed E-state index contributed by atoms with van der Waals surface area (Å²) in [6.45, 7) is 1.03. The van der Waals surface area contributed by atoms with Gasteiger partial charge in [0.2, 0.25) is 10.0 Å². The average molecular weight is 376 g/mol. The fourth-order valence-corrected chi connectivity index (χ4v) is 4.80. The van der Waals surface area contributed by atoms with E-state index in [1.165, 1.54) is 22.5 Å². The van der Waals surface area contributed by atoms with Gasteiger partial charge in [-0.2, -0.15) is 4.31 Å². The molecular formula is C19H21FN2O3S. The first-order valence-corrected chi connectivity index (χ1v) is 10.0. The van der Waals surface area contributed by atoms with Crippen LogP contribution in [0.15, 0.2) is 53.4 Å². The molecule has 1 aliphatic heterocycles. The maximum atomic E-state index is 13.7. The van der Waals surface area contributed by atoms with Crippen molar-refractivity contribution in [1.82, 2.24) is 9.62 Å². The number of amides is 1. The highest BCUT2D eigenvalue weighted by Gasteiger charge is 2.28. The van der Waals surface area contributed by atoms with Crippen molar-refractivity contribution in [3.05, 3.63) is 65.5 Å². The Kier molecular flexibility index (Phi) is 5.68. The molecule has 2 aromatic rings. The first-order valence-electron chi connectivity index (χ1n) is 8.61. The van der Waals surface area contributed by atoms with Gasteiger partial charge in [0.05, 0.1) is 10.5 Å². The van der Waals surface area contributed by atoms with Gasteiger partial charge in [0, 0.05) is 19.6 Å². The van der Waals surface area contributed by atoms with Gasteiger partial charge in [-0.05, 0) is 36.6 Å². The third kappa shape index (κ3) is 3.94. The summed E-state index contributed by atoms with van der Waals surface area (Å²) in [6.07, 6.45) is 2.74. The molecule has 0 spiro atoms. The Morgan fingerprint density at radius 2 is 1.65 bits per heavy atom. The van der Waals surface area contributed by atoms with Crippen molar-refractivity contribution in [3.8, 4) is 0 Å². The van der Waals surface area contributed by atoms with Gasteiger partial charge in [-0.15, -0.1) is 0 Å². The molecule has 0 bridgehead atoms. The standard InChI is InChI=1S/C19H21FN2O3S/c20-17-10-4-3-9-16(17)19(23)21-14-15-8-2-5-11-18(15)26(24,25)22-12-6-1-7-13-22/h2-5,8-11H,1,6-7,12-14H2,(H,21,23). The number of hydrogen-bond acceptors (Lipinski definition) is 3. The Morgan fingerprint density at radius 1 is 1.00 bits per heavy atom. The van der Waals surface area contributed by atoms with E-state index in [-0.39, 0.29) is 17.0 Å². The second-order valence-corrected chi connectivity index (χ2v) is 8.14. The number of carbonyl (C=O) groups excluding carboxylic acids is 1. The van der Waals surface area contributed by atoms with Crippen molar-refractivity contribution in [1.29, 1.82) is 0 Å². The number of halogens is 1. The molecular weight excluding hydrogens is 355 g/mol. The smallest absolute Gasteiger partial charge is 0.254 e. The van der Waals surface area contributed by atoms with Gasteiger partial charge in [0.15, 0.2) is 0 Å². The summed E-state index contributed by atoms with van der Waals surface area (Å²) >= 11 is 0. The average Bonchev–Trinajstić information content (AvgIpc) is 2.67. The summed E-state index contributed by atoms with van der Waals surface area (Å²) in [5.74, 6) is -1.19. The molecule has 3 rings (SSSR count). The number of rotatable bonds is 5. The summed E-state index contributed by atoms with van der Waals surface area (Å²) in [5, 5.41) is 2.61. The van der Waals surface area contributed by atoms with Crippen LogP contribution in [0.3, 0.4) is 0 Å². The molecule has 5 nitrogen and oxygen atoms in total. The first-order chi connectivity index (χ1) is 12.5. The molecule has 138 valence electrons. The fraction of sp³-hybridized carbons (Fsp3) is 0.316. The Balaban J connectivity index is 1.79. The molecule has 1 amide bonds. The van der Waals surface area contributed by atoms with Crippen LogP contribution in [-0.2, 0) is 16.6 Å². The van der Waals surface area contributed by atoms with E-state index in [4.69, 9.17) is 0 Å². The second kappa shape index (κ2) is 7.97. The summed E-state index contributed by atoms with van der Waals surface area (Å²) < 4.78 is 41.1. The van der Waals surface area contributed by atoms with Crippen molar-refractivity contribution in [3.63, 3.8) is 0 Å². The minimum absolute atomic E-state index is 0.0103. The Morgan fingerprint density at radius 3 is 2.38 bits per heavy atom. The third-order valence-corrected chi connectivity index (χ3v) is 6.46. The summed E-state index contributed by atoms with van der Waals surface area (Å²) in [5.41, 5.74) is 0.423. The molecule has 2 aromatic carbocycles. The molecule has 0 aromatic heterocycles. The van der Waals surface area contributed by atoms with Gasteiger partial charge in [-0.1, -0.05) is 36.8 Å². The van der Waals surface area contributed by atoms with Crippen molar-refractivity contribution in [2.75, 3.05) is 13.1 Å². The van der Waals surface area contributed by atoms with Crippen molar-refractivity contribution >= 4 is 15.9 Å². The molecule has 0 saturated carbocycles. The number of carbonyl (C=O) groups is 1. The van der Waals surface area contributed by atoms with Gasteiger partial charge < -0.3 is 5.32 Å². The van der Waals surface area contributed by atoms with E-state index in [2.05, 4.69) is 5.32 Å². The Bertz CT molecular complexity index is 893. The largest absolute Gasteiger partial charge is 0.348 e. The molecule has 1 aliphatic rings. The van der Waals surface area contributed by atoms with E-state index in [1.54, 1.807) is 30.3 Å². The van der Waals surface area contributed by atoms with Crippen molar-refractivity contribution < 1.29 is 17.6 Å². The van der Waals surface area contributed by atoms with Gasteiger partial charge in [0.25, 0.3) is 5.91 Å². The van der Waals surface area contributed by atoms with Gasteiger partial charge >= 0.3 is 0 Å². The van der Waals surface area contributed by atoms with Gasteiger partial charge in [0.1, 0.15) is 5.82 Å². The van der Waals surface area contributed by atoms with Crippen LogP contribution >= 0.6 is 0 Å². The molecule has 0 radical (unpaired) electrons. The lowest BCUT2D eigenvalue weighted by Crippen LogP contribution is -2.36. The Labute approximate surface area is 152 Å². The first kappa shape index (κ1) is 18.5. The van der Waals surface area contributed by atoms with E-state index in [1.807, 2.05) is 0 Å². The predicted molar refractivity (Wildman–Crippen MR) is 96.6 cm³/mol. The maximum Gasteiger partial charge on any atom is 0.254 e. The predicted octanol–water partition coefficient (Wildman–Crippen LogP) is 2.93.